The van der Waals surface area contributed by atoms with E-state index in [0.717, 1.165) is 20.5 Å². The molecule has 0 fully saturated rings. The third-order valence-corrected chi connectivity index (χ3v) is 6.53. The molecule has 5 heteroatoms. The van der Waals surface area contributed by atoms with Gasteiger partial charge in [0.15, 0.2) is 0 Å². The molecule has 2 aromatic carbocycles. The SMILES string of the molecule is CC(C)(c1ccc(C(C)(C)c2ncc(I)cn2)cc1)c1ccc(F)c(I)c1. The lowest BCUT2D eigenvalue weighted by molar-refractivity contribution is 0.585. The van der Waals surface area contributed by atoms with Crippen molar-refractivity contribution in [2.75, 3.05) is 0 Å². The first kappa shape index (κ1) is 20.6. The summed E-state index contributed by atoms with van der Waals surface area (Å²) in [6.45, 7) is 8.60. The molecule has 0 saturated heterocycles. The van der Waals surface area contributed by atoms with Gasteiger partial charge in [-0.1, -0.05) is 44.2 Å². The van der Waals surface area contributed by atoms with Crippen molar-refractivity contribution in [1.29, 1.82) is 0 Å². The number of hydrogen-bond donors (Lipinski definition) is 0. The van der Waals surface area contributed by atoms with E-state index in [1.807, 2.05) is 47.1 Å². The standard InChI is InChI=1S/C22H21FI2N2/c1-21(2,16-9-10-18(23)19(25)11-16)14-5-7-15(8-6-14)22(3,4)20-26-12-17(24)13-27-20/h5-13H,1-4H3. The summed E-state index contributed by atoms with van der Waals surface area (Å²) in [7, 11) is 0. The lowest BCUT2D eigenvalue weighted by Crippen LogP contribution is -2.23. The fraction of sp³-hybridized carbons (Fsp3) is 0.273. The average Bonchev–Trinajstić information content (AvgIpc) is 2.64. The van der Waals surface area contributed by atoms with Crippen LogP contribution in [0.2, 0.25) is 0 Å². The zero-order valence-electron chi connectivity index (χ0n) is 15.7. The van der Waals surface area contributed by atoms with Crippen molar-refractivity contribution in [2.24, 2.45) is 0 Å². The Morgan fingerprint density at radius 1 is 0.741 bits per heavy atom. The van der Waals surface area contributed by atoms with Crippen LogP contribution in [0.5, 0.6) is 0 Å². The molecule has 27 heavy (non-hydrogen) atoms. The van der Waals surface area contributed by atoms with Gasteiger partial charge in [0.05, 0.1) is 0 Å². The Labute approximate surface area is 187 Å². The summed E-state index contributed by atoms with van der Waals surface area (Å²) in [6, 6.07) is 13.9. The molecule has 1 heterocycles. The van der Waals surface area contributed by atoms with Crippen molar-refractivity contribution >= 4 is 45.2 Å². The minimum atomic E-state index is -0.279. The molecular formula is C22H21FI2N2. The molecule has 0 unspecified atom stereocenters. The lowest BCUT2D eigenvalue weighted by Gasteiger charge is -2.28. The molecule has 0 aliphatic carbocycles. The normalized spacial score (nSPS) is 12.3. The summed E-state index contributed by atoms with van der Waals surface area (Å²) < 4.78 is 15.3. The predicted octanol–water partition coefficient (Wildman–Crippen LogP) is 6.48. The Kier molecular flexibility index (Phi) is 5.91. The van der Waals surface area contributed by atoms with Crippen molar-refractivity contribution in [3.8, 4) is 0 Å². The van der Waals surface area contributed by atoms with E-state index in [2.05, 4.69) is 84.5 Å². The molecule has 2 nitrogen and oxygen atoms in total. The highest BCUT2D eigenvalue weighted by molar-refractivity contribution is 14.1. The zero-order valence-corrected chi connectivity index (χ0v) is 20.0. The van der Waals surface area contributed by atoms with Crippen LogP contribution in [0.4, 0.5) is 4.39 Å². The Morgan fingerprint density at radius 3 is 1.74 bits per heavy atom. The maximum Gasteiger partial charge on any atom is 0.138 e. The summed E-state index contributed by atoms with van der Waals surface area (Å²) in [4.78, 5) is 9.02. The Balaban J connectivity index is 1.94. The molecular weight excluding hydrogens is 565 g/mol. The van der Waals surface area contributed by atoms with Crippen LogP contribution in [0.1, 0.15) is 50.2 Å². The van der Waals surface area contributed by atoms with Gasteiger partial charge in [0.25, 0.3) is 0 Å². The van der Waals surface area contributed by atoms with Gasteiger partial charge in [0.1, 0.15) is 11.6 Å². The monoisotopic (exact) mass is 586 g/mol. The first-order chi connectivity index (χ1) is 12.6. The minimum absolute atomic E-state index is 0.176. The van der Waals surface area contributed by atoms with Gasteiger partial charge in [-0.3, -0.25) is 0 Å². The highest BCUT2D eigenvalue weighted by Crippen LogP contribution is 2.35. The fourth-order valence-corrected chi connectivity index (χ4v) is 3.91. The number of aromatic nitrogens is 2. The summed E-state index contributed by atoms with van der Waals surface area (Å²) >= 11 is 4.26. The van der Waals surface area contributed by atoms with E-state index >= 15 is 0 Å². The molecule has 0 aliphatic heterocycles. The molecule has 140 valence electrons. The van der Waals surface area contributed by atoms with Crippen molar-refractivity contribution in [2.45, 2.75) is 38.5 Å². The summed E-state index contributed by atoms with van der Waals surface area (Å²) in [5.41, 5.74) is 2.96. The van der Waals surface area contributed by atoms with E-state index < -0.39 is 0 Å². The third-order valence-electron chi connectivity index (χ3n) is 5.15. The van der Waals surface area contributed by atoms with Crippen molar-refractivity contribution < 1.29 is 4.39 Å². The molecule has 0 saturated carbocycles. The third kappa shape index (κ3) is 4.18. The fourth-order valence-electron chi connectivity index (χ4n) is 3.12. The number of benzene rings is 2. The maximum absolute atomic E-state index is 13.6. The Morgan fingerprint density at radius 2 is 1.22 bits per heavy atom. The average molecular weight is 586 g/mol. The van der Waals surface area contributed by atoms with Crippen LogP contribution in [-0.4, -0.2) is 9.97 Å². The smallest absolute Gasteiger partial charge is 0.138 e. The van der Waals surface area contributed by atoms with Crippen molar-refractivity contribution in [1.82, 2.24) is 9.97 Å². The Hall–Kier alpha value is -1.09. The molecule has 1 aromatic heterocycles. The lowest BCUT2D eigenvalue weighted by atomic mass is 9.76. The molecule has 0 spiro atoms. The first-order valence-electron chi connectivity index (χ1n) is 8.67. The van der Waals surface area contributed by atoms with Crippen LogP contribution in [0.3, 0.4) is 0 Å². The first-order valence-corrected chi connectivity index (χ1v) is 10.8. The van der Waals surface area contributed by atoms with Gasteiger partial charge in [-0.25, -0.2) is 14.4 Å². The zero-order chi connectivity index (χ0) is 19.8. The quantitative estimate of drug-likeness (QED) is 0.328. The summed E-state index contributed by atoms with van der Waals surface area (Å²) in [5.74, 6) is 0.632. The predicted molar refractivity (Wildman–Crippen MR) is 125 cm³/mol. The van der Waals surface area contributed by atoms with E-state index in [1.165, 1.54) is 5.56 Å². The molecule has 0 amide bonds. The van der Waals surface area contributed by atoms with Crippen LogP contribution in [0.25, 0.3) is 0 Å². The molecule has 3 aromatic rings. The number of hydrogen-bond acceptors (Lipinski definition) is 2. The second kappa shape index (κ2) is 7.73. The van der Waals surface area contributed by atoms with Crippen LogP contribution < -0.4 is 0 Å². The highest BCUT2D eigenvalue weighted by Gasteiger charge is 2.28. The van der Waals surface area contributed by atoms with Crippen LogP contribution in [-0.2, 0) is 10.8 Å². The second-order valence-electron chi connectivity index (χ2n) is 7.68. The maximum atomic E-state index is 13.6. The van der Waals surface area contributed by atoms with Gasteiger partial charge in [0.2, 0.25) is 0 Å². The van der Waals surface area contributed by atoms with E-state index in [4.69, 9.17) is 0 Å². The molecule has 0 radical (unpaired) electrons. The van der Waals surface area contributed by atoms with Gasteiger partial charge in [-0.05, 0) is 87.9 Å². The number of rotatable bonds is 4. The second-order valence-corrected chi connectivity index (χ2v) is 10.1. The molecule has 0 bridgehead atoms. The highest BCUT2D eigenvalue weighted by atomic mass is 127. The topological polar surface area (TPSA) is 25.8 Å². The van der Waals surface area contributed by atoms with Gasteiger partial charge >= 0.3 is 0 Å². The largest absolute Gasteiger partial charge is 0.239 e. The van der Waals surface area contributed by atoms with Crippen LogP contribution in [0.15, 0.2) is 54.9 Å². The Bertz CT molecular complexity index is 949. The summed E-state index contributed by atoms with van der Waals surface area (Å²) in [6.07, 6.45) is 3.69. The van der Waals surface area contributed by atoms with E-state index in [9.17, 15) is 4.39 Å². The number of nitrogens with zero attached hydrogens (tertiary/aromatic N) is 2. The van der Waals surface area contributed by atoms with E-state index in [1.54, 1.807) is 6.07 Å². The van der Waals surface area contributed by atoms with Crippen LogP contribution in [0, 0.1) is 13.0 Å². The molecule has 3 rings (SSSR count). The van der Waals surface area contributed by atoms with Crippen LogP contribution >= 0.6 is 45.2 Å². The van der Waals surface area contributed by atoms with Gasteiger partial charge in [-0.15, -0.1) is 0 Å². The van der Waals surface area contributed by atoms with E-state index in [-0.39, 0.29) is 16.6 Å². The summed E-state index contributed by atoms with van der Waals surface area (Å²) in [5, 5.41) is 0. The van der Waals surface area contributed by atoms with Gasteiger partial charge < -0.3 is 0 Å². The van der Waals surface area contributed by atoms with Gasteiger partial charge in [-0.2, -0.15) is 0 Å². The molecule has 0 aliphatic rings. The van der Waals surface area contributed by atoms with Gasteiger partial charge in [0, 0.05) is 30.4 Å². The van der Waals surface area contributed by atoms with Crippen molar-refractivity contribution in [3.63, 3.8) is 0 Å². The number of halogens is 3. The molecule has 0 N–H and O–H groups in total. The minimum Gasteiger partial charge on any atom is -0.239 e. The van der Waals surface area contributed by atoms with E-state index in [0.29, 0.717) is 3.57 Å². The molecule has 0 atom stereocenters. The van der Waals surface area contributed by atoms with Crippen molar-refractivity contribution in [3.05, 3.63) is 90.3 Å².